The van der Waals surface area contributed by atoms with Gasteiger partial charge in [-0.3, -0.25) is 0 Å². The molecule has 0 aromatic rings. The van der Waals surface area contributed by atoms with Gasteiger partial charge in [0.1, 0.15) is 0 Å². The topological polar surface area (TPSA) is 271 Å². The van der Waals surface area contributed by atoms with Gasteiger partial charge in [-0.1, -0.05) is 0 Å². The average Bonchev–Trinajstić information content (AvgIpc) is 1.64. The minimum Gasteiger partial charge on any atom is -0.790 e. The van der Waals surface area contributed by atoms with Gasteiger partial charge in [0, 0.05) is 0 Å². The molecule has 21 heteroatoms. The summed E-state index contributed by atoms with van der Waals surface area (Å²) >= 11 is 0. The molecular weight excluding hydrogens is 430 g/mol. The summed E-state index contributed by atoms with van der Waals surface area (Å²) in [6.45, 7) is 0. The maximum absolute atomic E-state index is 9.32. The average molecular weight is 430 g/mol. The zero-order chi connectivity index (χ0) is 15.4. The van der Waals surface area contributed by atoms with E-state index in [0.29, 0.717) is 0 Å². The Labute approximate surface area is 154 Å². The van der Waals surface area contributed by atoms with Crippen molar-refractivity contribution in [2.24, 2.45) is 0 Å². The first kappa shape index (κ1) is 34.7. The summed E-state index contributed by atoms with van der Waals surface area (Å²) in [7, 11) is -22.7. The van der Waals surface area contributed by atoms with Crippen molar-refractivity contribution < 1.29 is 107 Å². The van der Waals surface area contributed by atoms with Crippen molar-refractivity contribution in [1.29, 1.82) is 0 Å². The normalized spacial score (nSPS) is 11.8. The van der Waals surface area contributed by atoms with Gasteiger partial charge in [0.25, 0.3) is 0 Å². The Morgan fingerprint density at radius 1 is 0.524 bits per heavy atom. The number of hydrogen-bond acceptors (Lipinski definition) is 14. The summed E-state index contributed by atoms with van der Waals surface area (Å²) in [4.78, 5) is 74.6. The number of phosphoric acid groups is 4. The molecule has 0 aromatic heterocycles. The maximum Gasteiger partial charge on any atom is 4.00 e. The van der Waals surface area contributed by atoms with Gasteiger partial charge in [0.15, 0.2) is 0 Å². The van der Waals surface area contributed by atoms with Crippen LogP contribution in [0.15, 0.2) is 0 Å². The summed E-state index contributed by atoms with van der Waals surface area (Å²) in [6.07, 6.45) is 0. The molecule has 0 aliphatic carbocycles. The molecule has 0 saturated heterocycles. The molecule has 21 heavy (non-hydrogen) atoms. The van der Waals surface area contributed by atoms with E-state index < -0.39 is 31.3 Å². The molecule has 14 nitrogen and oxygen atoms in total. The molecule has 0 aliphatic rings. The molecular formula is AlLiO14P4Ti. The molecule has 0 aliphatic heterocycles. The Morgan fingerprint density at radius 3 is 0.619 bits per heavy atom. The van der Waals surface area contributed by atoms with Crippen molar-refractivity contribution >= 4 is 48.7 Å². The van der Waals surface area contributed by atoms with Crippen LogP contribution >= 0.6 is 31.3 Å². The zero-order valence-corrected chi connectivity index (χ0v) is 15.9. The summed E-state index contributed by atoms with van der Waals surface area (Å²) in [5.74, 6) is 0. The van der Waals surface area contributed by atoms with Crippen LogP contribution in [0.3, 0.4) is 0 Å². The molecule has 0 aromatic carbocycles. The Morgan fingerprint density at radius 2 is 0.619 bits per heavy atom. The van der Waals surface area contributed by atoms with Crippen molar-refractivity contribution in [2.45, 2.75) is 0 Å². The number of rotatable bonds is 4. The van der Waals surface area contributed by atoms with Gasteiger partial charge in [-0.15, -0.1) is 0 Å². The molecule has 0 heterocycles. The first-order valence-electron chi connectivity index (χ1n) is 2.92. The third-order valence-corrected chi connectivity index (χ3v) is 3.60. The number of hydrogen-bond donors (Lipinski definition) is 0. The second-order valence-electron chi connectivity index (χ2n) is 1.95. The monoisotopic (exact) mass is 430 g/mol. The molecule has 0 atom stereocenters. The van der Waals surface area contributed by atoms with E-state index in [2.05, 4.69) is 8.62 Å². The van der Waals surface area contributed by atoms with E-state index in [9.17, 15) is 57.4 Å². The van der Waals surface area contributed by atoms with Crippen LogP contribution in [0.25, 0.3) is 0 Å². The fourth-order valence-electron chi connectivity index (χ4n) is 0.245. The molecule has 0 rings (SSSR count). The van der Waals surface area contributed by atoms with Crippen LogP contribution in [0.5, 0.6) is 0 Å². The van der Waals surface area contributed by atoms with Crippen LogP contribution in [0.4, 0.5) is 0 Å². The van der Waals surface area contributed by atoms with Crippen molar-refractivity contribution in [1.82, 2.24) is 0 Å². The third-order valence-electron chi connectivity index (χ3n) is 0.400. The van der Waals surface area contributed by atoms with Gasteiger partial charge in [-0.25, -0.2) is 0 Å². The quantitative estimate of drug-likeness (QED) is 0.296. The molecule has 0 spiro atoms. The molecule has 0 unspecified atom stereocenters. The standard InChI is InChI=1S/Al.Li.2H4O7P2.Ti/c;;2*1-8(2,3)7-9(4,5)6;/h;;2*(H2,1,2,3)(H2,4,5,6);/q+3;+1;;;+4/p-8. The van der Waals surface area contributed by atoms with E-state index in [4.69, 9.17) is 0 Å². The molecule has 112 valence electrons. The van der Waals surface area contributed by atoms with Crippen molar-refractivity contribution in [2.75, 3.05) is 0 Å². The van der Waals surface area contributed by atoms with Crippen LogP contribution in [-0.2, 0) is 48.6 Å². The van der Waals surface area contributed by atoms with Gasteiger partial charge in [-0.05, 0) is 0 Å². The van der Waals surface area contributed by atoms with Gasteiger partial charge in [0.05, 0.1) is 31.3 Å². The van der Waals surface area contributed by atoms with Crippen molar-refractivity contribution in [3.05, 3.63) is 0 Å². The molecule has 0 radical (unpaired) electrons. The minimum absolute atomic E-state index is 0. The first-order valence-corrected chi connectivity index (χ1v) is 8.76. The van der Waals surface area contributed by atoms with Crippen LogP contribution in [0.2, 0.25) is 0 Å². The Hall–Kier alpha value is 2.36. The summed E-state index contributed by atoms with van der Waals surface area (Å²) in [6, 6.07) is 0. The Kier molecular flexibility index (Phi) is 20.9. The third kappa shape index (κ3) is 44.9. The summed E-state index contributed by atoms with van der Waals surface area (Å²) in [5, 5.41) is 0. The van der Waals surface area contributed by atoms with Crippen LogP contribution in [-0.4, -0.2) is 17.4 Å². The van der Waals surface area contributed by atoms with Crippen molar-refractivity contribution in [3.63, 3.8) is 0 Å². The van der Waals surface area contributed by atoms with E-state index in [1.54, 1.807) is 0 Å². The van der Waals surface area contributed by atoms with Crippen LogP contribution < -0.4 is 58.0 Å². The van der Waals surface area contributed by atoms with E-state index in [-0.39, 0.29) is 57.9 Å². The summed E-state index contributed by atoms with van der Waals surface area (Å²) in [5.41, 5.74) is 0. The molecule has 0 N–H and O–H groups in total. The Bertz CT molecular complexity index is 354. The van der Waals surface area contributed by atoms with Crippen molar-refractivity contribution in [3.8, 4) is 0 Å². The van der Waals surface area contributed by atoms with E-state index in [0.717, 1.165) is 0 Å². The fraction of sp³-hybridized carbons (Fsp3) is 0. The SMILES string of the molecule is O=P([O-])([O-])OP(=O)([O-])[O-].O=P([O-])([O-])OP(=O)([O-])[O-].[Al+3].[Li+].[Ti+4]. The maximum atomic E-state index is 9.32. The van der Waals surface area contributed by atoms with E-state index >= 15 is 0 Å². The van der Waals surface area contributed by atoms with Gasteiger partial charge in [0.2, 0.25) is 0 Å². The van der Waals surface area contributed by atoms with E-state index in [1.807, 2.05) is 0 Å². The van der Waals surface area contributed by atoms with Gasteiger partial charge in [-0.2, -0.15) is 0 Å². The molecule has 0 amide bonds. The van der Waals surface area contributed by atoms with Crippen LogP contribution in [0.1, 0.15) is 0 Å². The van der Waals surface area contributed by atoms with E-state index in [1.165, 1.54) is 0 Å². The van der Waals surface area contributed by atoms with Gasteiger partial charge < -0.3 is 66.0 Å². The first-order chi connectivity index (χ1) is 7.41. The molecule has 0 saturated carbocycles. The minimum atomic E-state index is -5.68. The molecule has 0 bridgehead atoms. The second-order valence-corrected chi connectivity index (χ2v) is 6.84. The van der Waals surface area contributed by atoms with Crippen LogP contribution in [0, 0.1) is 0 Å². The predicted octanol–water partition coefficient (Wildman–Crippen LogP) is -10.1. The molecule has 0 fully saturated rings. The largest absolute Gasteiger partial charge is 4.00 e. The Balaban J connectivity index is -0.0000000711. The second kappa shape index (κ2) is 12.7. The zero-order valence-electron chi connectivity index (χ0n) is 9.58. The predicted molar refractivity (Wildman–Crippen MR) is 38.4 cm³/mol. The smallest absolute Gasteiger partial charge is 0.790 e. The fourth-order valence-corrected chi connectivity index (χ4v) is 2.20. The summed E-state index contributed by atoms with van der Waals surface area (Å²) < 4.78 is 42.3. The van der Waals surface area contributed by atoms with Gasteiger partial charge >= 0.3 is 57.9 Å².